The van der Waals surface area contributed by atoms with Crippen LogP contribution in [0.1, 0.15) is 35.5 Å². The van der Waals surface area contributed by atoms with Crippen LogP contribution in [0.3, 0.4) is 0 Å². The molecular weight excluding hydrogens is 444 g/mol. The van der Waals surface area contributed by atoms with Crippen molar-refractivity contribution in [1.82, 2.24) is 20.1 Å². The van der Waals surface area contributed by atoms with Gasteiger partial charge >= 0.3 is 6.03 Å². The number of anilines is 1. The average molecular weight is 469 g/mol. The first-order chi connectivity index (χ1) is 16.5. The molecule has 1 aromatic heterocycles. The Labute approximate surface area is 202 Å². The molecule has 0 aliphatic rings. The van der Waals surface area contributed by atoms with Gasteiger partial charge in [-0.2, -0.15) is 5.26 Å². The molecule has 0 radical (unpaired) electrons. The first kappa shape index (κ1) is 23.1. The minimum atomic E-state index is -0.418. The number of hydrogen-bond acceptors (Lipinski definition) is 5. The standard InChI is InChI=1S/C26H24N6OS/c1-18-11-13-23(14-12-18)32-24(30-31-26(32)34-17-20-7-4-3-5-8-20)19(2)28-25(33)29-22-10-6-9-21(15-22)16-27/h3-15,19H,17H2,1-2H3,(H2,28,29,33). The minimum Gasteiger partial charge on any atom is -0.328 e. The number of urea groups is 1. The molecular formula is C26H24N6OS. The van der Waals surface area contributed by atoms with E-state index in [1.807, 2.05) is 60.9 Å². The molecule has 4 rings (SSSR count). The molecule has 4 aromatic rings. The summed E-state index contributed by atoms with van der Waals surface area (Å²) in [6.45, 7) is 3.91. The molecule has 2 amide bonds. The third-order valence-corrected chi connectivity index (χ3v) is 6.15. The number of nitrogens with one attached hydrogen (secondary N) is 2. The van der Waals surface area contributed by atoms with Gasteiger partial charge in [0.15, 0.2) is 11.0 Å². The molecule has 0 saturated carbocycles. The summed E-state index contributed by atoms with van der Waals surface area (Å²) in [4.78, 5) is 12.6. The predicted octanol–water partition coefficient (Wildman–Crippen LogP) is 5.62. The molecule has 8 heteroatoms. The summed E-state index contributed by atoms with van der Waals surface area (Å²) in [5.41, 5.74) is 4.30. The summed E-state index contributed by atoms with van der Waals surface area (Å²) in [6, 6.07) is 26.3. The number of thioether (sulfide) groups is 1. The highest BCUT2D eigenvalue weighted by molar-refractivity contribution is 7.98. The Morgan fingerprint density at radius 1 is 1.06 bits per heavy atom. The lowest BCUT2D eigenvalue weighted by atomic mass is 10.2. The van der Waals surface area contributed by atoms with E-state index in [0.717, 1.165) is 22.2 Å². The number of rotatable bonds is 7. The second-order valence-corrected chi connectivity index (χ2v) is 8.74. The van der Waals surface area contributed by atoms with Gasteiger partial charge in [-0.25, -0.2) is 4.79 Å². The number of aromatic nitrogens is 3. The Hall–Kier alpha value is -4.09. The van der Waals surface area contributed by atoms with E-state index in [0.29, 0.717) is 17.1 Å². The van der Waals surface area contributed by atoms with Crippen molar-refractivity contribution in [3.8, 4) is 11.8 Å². The molecule has 170 valence electrons. The Morgan fingerprint density at radius 2 is 1.82 bits per heavy atom. The topological polar surface area (TPSA) is 95.6 Å². The quantitative estimate of drug-likeness (QED) is 0.343. The van der Waals surface area contributed by atoms with E-state index in [2.05, 4.69) is 39.0 Å². The average Bonchev–Trinajstić information content (AvgIpc) is 3.28. The van der Waals surface area contributed by atoms with Crippen molar-refractivity contribution in [3.05, 3.63) is 101 Å². The van der Waals surface area contributed by atoms with E-state index < -0.39 is 6.04 Å². The van der Waals surface area contributed by atoms with E-state index in [4.69, 9.17) is 5.26 Å². The number of amides is 2. The molecule has 34 heavy (non-hydrogen) atoms. The summed E-state index contributed by atoms with van der Waals surface area (Å²) in [5.74, 6) is 1.38. The molecule has 1 heterocycles. The maximum absolute atomic E-state index is 12.6. The van der Waals surface area contributed by atoms with Gasteiger partial charge in [0.25, 0.3) is 0 Å². The van der Waals surface area contributed by atoms with Gasteiger partial charge in [-0.1, -0.05) is 65.9 Å². The lowest BCUT2D eigenvalue weighted by Crippen LogP contribution is -2.32. The lowest BCUT2D eigenvalue weighted by Gasteiger charge is -2.17. The van der Waals surface area contributed by atoms with Gasteiger partial charge in [0.2, 0.25) is 0 Å². The zero-order valence-corrected chi connectivity index (χ0v) is 19.7. The maximum atomic E-state index is 12.6. The Kier molecular flexibility index (Phi) is 7.25. The molecule has 0 fully saturated rings. The van der Waals surface area contributed by atoms with Crippen LogP contribution in [0.4, 0.5) is 10.5 Å². The molecule has 0 aliphatic heterocycles. The van der Waals surface area contributed by atoms with Crippen LogP contribution in [0.25, 0.3) is 5.69 Å². The fourth-order valence-electron chi connectivity index (χ4n) is 3.41. The molecule has 1 unspecified atom stereocenters. The van der Waals surface area contributed by atoms with Crippen LogP contribution in [-0.2, 0) is 5.75 Å². The number of carbonyl (C=O) groups is 1. The van der Waals surface area contributed by atoms with Crippen LogP contribution < -0.4 is 10.6 Å². The summed E-state index contributed by atoms with van der Waals surface area (Å²) >= 11 is 1.59. The molecule has 3 aromatic carbocycles. The Morgan fingerprint density at radius 3 is 2.56 bits per heavy atom. The monoisotopic (exact) mass is 468 g/mol. The second-order valence-electron chi connectivity index (χ2n) is 7.80. The molecule has 0 aliphatic carbocycles. The third-order valence-electron chi connectivity index (χ3n) is 5.15. The van der Waals surface area contributed by atoms with Gasteiger partial charge in [0, 0.05) is 17.1 Å². The summed E-state index contributed by atoms with van der Waals surface area (Å²) < 4.78 is 1.98. The summed E-state index contributed by atoms with van der Waals surface area (Å²) in [5, 5.41) is 24.4. The zero-order valence-electron chi connectivity index (χ0n) is 18.9. The molecule has 0 saturated heterocycles. The first-order valence-electron chi connectivity index (χ1n) is 10.8. The van der Waals surface area contributed by atoms with E-state index in [9.17, 15) is 4.79 Å². The number of nitrogens with zero attached hydrogens (tertiary/aromatic N) is 4. The highest BCUT2D eigenvalue weighted by atomic mass is 32.2. The molecule has 7 nitrogen and oxygen atoms in total. The molecule has 2 N–H and O–H groups in total. The smallest absolute Gasteiger partial charge is 0.319 e. The van der Waals surface area contributed by atoms with Gasteiger partial charge < -0.3 is 10.6 Å². The lowest BCUT2D eigenvalue weighted by molar-refractivity contribution is 0.249. The number of carbonyl (C=O) groups excluding carboxylic acids is 1. The van der Waals surface area contributed by atoms with Crippen molar-refractivity contribution < 1.29 is 4.79 Å². The van der Waals surface area contributed by atoms with Crippen LogP contribution in [-0.4, -0.2) is 20.8 Å². The number of hydrogen-bond donors (Lipinski definition) is 2. The van der Waals surface area contributed by atoms with Crippen LogP contribution >= 0.6 is 11.8 Å². The van der Waals surface area contributed by atoms with Gasteiger partial charge in [0.1, 0.15) is 0 Å². The van der Waals surface area contributed by atoms with Crippen molar-refractivity contribution >= 4 is 23.5 Å². The number of benzene rings is 3. The third kappa shape index (κ3) is 5.63. The van der Waals surface area contributed by atoms with Gasteiger partial charge in [0.05, 0.1) is 17.7 Å². The van der Waals surface area contributed by atoms with Crippen molar-refractivity contribution in [2.24, 2.45) is 0 Å². The predicted molar refractivity (Wildman–Crippen MR) is 134 cm³/mol. The fourth-order valence-corrected chi connectivity index (χ4v) is 4.32. The van der Waals surface area contributed by atoms with E-state index in [-0.39, 0.29) is 6.03 Å². The molecule has 0 bridgehead atoms. The van der Waals surface area contributed by atoms with Crippen molar-refractivity contribution in [1.29, 1.82) is 5.26 Å². The van der Waals surface area contributed by atoms with E-state index in [1.165, 1.54) is 5.56 Å². The van der Waals surface area contributed by atoms with Gasteiger partial charge in [-0.3, -0.25) is 4.57 Å². The van der Waals surface area contributed by atoms with Crippen LogP contribution in [0, 0.1) is 18.3 Å². The Bertz CT molecular complexity index is 1310. The highest BCUT2D eigenvalue weighted by Crippen LogP contribution is 2.27. The molecule has 1 atom stereocenters. The minimum absolute atomic E-state index is 0.389. The van der Waals surface area contributed by atoms with Crippen LogP contribution in [0.2, 0.25) is 0 Å². The zero-order chi connectivity index (χ0) is 23.9. The van der Waals surface area contributed by atoms with Gasteiger partial charge in [-0.05, 0) is 49.7 Å². The summed E-state index contributed by atoms with van der Waals surface area (Å²) in [6.07, 6.45) is 0. The SMILES string of the molecule is Cc1ccc(-n2c(SCc3ccccc3)nnc2C(C)NC(=O)Nc2cccc(C#N)c2)cc1. The number of aryl methyl sites for hydroxylation is 1. The van der Waals surface area contributed by atoms with Crippen LogP contribution in [0.5, 0.6) is 0 Å². The highest BCUT2D eigenvalue weighted by Gasteiger charge is 2.21. The first-order valence-corrected chi connectivity index (χ1v) is 11.8. The number of nitriles is 1. The Balaban J connectivity index is 1.55. The van der Waals surface area contributed by atoms with Crippen molar-refractivity contribution in [3.63, 3.8) is 0 Å². The normalized spacial score (nSPS) is 11.4. The molecule has 0 spiro atoms. The van der Waals surface area contributed by atoms with E-state index in [1.54, 1.807) is 36.0 Å². The largest absolute Gasteiger partial charge is 0.328 e. The van der Waals surface area contributed by atoms with Gasteiger partial charge in [-0.15, -0.1) is 10.2 Å². The van der Waals surface area contributed by atoms with Crippen molar-refractivity contribution in [2.75, 3.05) is 5.32 Å². The summed E-state index contributed by atoms with van der Waals surface area (Å²) in [7, 11) is 0. The maximum Gasteiger partial charge on any atom is 0.319 e. The van der Waals surface area contributed by atoms with Crippen molar-refractivity contribution in [2.45, 2.75) is 30.8 Å². The second kappa shape index (κ2) is 10.7. The van der Waals surface area contributed by atoms with Crippen LogP contribution in [0.15, 0.2) is 84.0 Å². The van der Waals surface area contributed by atoms with E-state index >= 15 is 0 Å². The fraction of sp³-hybridized carbons (Fsp3) is 0.154.